The van der Waals surface area contributed by atoms with Crippen LogP contribution in [0, 0.1) is 5.92 Å². The molecule has 0 spiro atoms. The Balaban J connectivity index is 1.84. The first-order chi connectivity index (χ1) is 10.9. The fraction of sp³-hybridized carbons (Fsp3) is 0.421. The molecule has 1 aliphatic rings. The van der Waals surface area contributed by atoms with Crippen LogP contribution in [0.1, 0.15) is 38.7 Å². The molecule has 0 unspecified atom stereocenters. The standard InChI is InChI=1S/C19H24O4/c1-14-3-8-16(9-4-14)19(2,22)13-23-18(21)12-7-15-5-10-17(20)11-6-15/h3,5-7,10-12,16,20,22H,4,8-9,13H2,1-2H3/t16-,19-/m0/s1. The number of aliphatic hydroxyl groups is 1. The van der Waals surface area contributed by atoms with Gasteiger partial charge in [-0.2, -0.15) is 0 Å². The van der Waals surface area contributed by atoms with Crippen LogP contribution < -0.4 is 0 Å². The van der Waals surface area contributed by atoms with E-state index in [1.165, 1.54) is 11.6 Å². The molecule has 0 saturated carbocycles. The second kappa shape index (κ2) is 7.47. The first kappa shape index (κ1) is 17.3. The van der Waals surface area contributed by atoms with Gasteiger partial charge in [-0.1, -0.05) is 23.8 Å². The molecule has 4 heteroatoms. The van der Waals surface area contributed by atoms with Crippen LogP contribution in [0.5, 0.6) is 5.75 Å². The molecule has 0 aliphatic heterocycles. The molecule has 0 aromatic heterocycles. The summed E-state index contributed by atoms with van der Waals surface area (Å²) in [5, 5.41) is 19.7. The largest absolute Gasteiger partial charge is 0.508 e. The molecule has 1 aromatic rings. The van der Waals surface area contributed by atoms with Crippen LogP contribution in [0.2, 0.25) is 0 Å². The maximum absolute atomic E-state index is 11.8. The molecule has 0 radical (unpaired) electrons. The molecule has 124 valence electrons. The maximum atomic E-state index is 11.8. The average Bonchev–Trinajstić information content (AvgIpc) is 2.53. The molecule has 0 saturated heterocycles. The molecule has 2 atom stereocenters. The van der Waals surface area contributed by atoms with E-state index in [0.717, 1.165) is 24.8 Å². The summed E-state index contributed by atoms with van der Waals surface area (Å²) in [6, 6.07) is 6.50. The van der Waals surface area contributed by atoms with Crippen LogP contribution in [0.15, 0.2) is 42.0 Å². The number of ether oxygens (including phenoxy) is 1. The first-order valence-electron chi connectivity index (χ1n) is 7.89. The van der Waals surface area contributed by atoms with Crippen molar-refractivity contribution in [3.8, 4) is 5.75 Å². The number of carbonyl (C=O) groups excluding carboxylic acids is 1. The monoisotopic (exact) mass is 316 g/mol. The number of hydrogen-bond donors (Lipinski definition) is 2. The summed E-state index contributed by atoms with van der Waals surface area (Å²) >= 11 is 0. The molecular formula is C19H24O4. The van der Waals surface area contributed by atoms with Gasteiger partial charge in [0.2, 0.25) is 0 Å². The van der Waals surface area contributed by atoms with Gasteiger partial charge in [-0.3, -0.25) is 0 Å². The van der Waals surface area contributed by atoms with Gasteiger partial charge in [-0.25, -0.2) is 4.79 Å². The Morgan fingerprint density at radius 3 is 2.70 bits per heavy atom. The molecule has 1 aromatic carbocycles. The first-order valence-corrected chi connectivity index (χ1v) is 7.89. The van der Waals surface area contributed by atoms with Gasteiger partial charge in [-0.15, -0.1) is 0 Å². The molecule has 4 nitrogen and oxygen atoms in total. The van der Waals surface area contributed by atoms with Gasteiger partial charge >= 0.3 is 5.97 Å². The summed E-state index contributed by atoms with van der Waals surface area (Å²) in [5.41, 5.74) is 1.13. The van der Waals surface area contributed by atoms with Crippen molar-refractivity contribution >= 4 is 12.0 Å². The quantitative estimate of drug-likeness (QED) is 0.496. The SMILES string of the molecule is CC1=CC[C@H]([C@@](C)(O)COC(=O)C=Cc2ccc(O)cc2)CC1. The summed E-state index contributed by atoms with van der Waals surface area (Å²) in [7, 11) is 0. The van der Waals surface area contributed by atoms with Crippen molar-refractivity contribution in [1.29, 1.82) is 0 Å². The fourth-order valence-corrected chi connectivity index (χ4v) is 2.66. The topological polar surface area (TPSA) is 66.8 Å². The minimum Gasteiger partial charge on any atom is -0.508 e. The third kappa shape index (κ3) is 5.25. The lowest BCUT2D eigenvalue weighted by atomic mass is 9.79. The van der Waals surface area contributed by atoms with Crippen LogP contribution in [-0.2, 0) is 9.53 Å². The Morgan fingerprint density at radius 2 is 2.09 bits per heavy atom. The summed E-state index contributed by atoms with van der Waals surface area (Å²) in [6.45, 7) is 3.81. The molecule has 0 amide bonds. The van der Waals surface area contributed by atoms with Crippen molar-refractivity contribution < 1.29 is 19.7 Å². The third-order valence-corrected chi connectivity index (χ3v) is 4.33. The van der Waals surface area contributed by atoms with E-state index in [9.17, 15) is 15.0 Å². The van der Waals surface area contributed by atoms with Crippen LogP contribution in [0.3, 0.4) is 0 Å². The van der Waals surface area contributed by atoms with Crippen LogP contribution >= 0.6 is 0 Å². The Morgan fingerprint density at radius 1 is 1.39 bits per heavy atom. The van der Waals surface area contributed by atoms with E-state index in [0.29, 0.717) is 0 Å². The molecule has 1 aliphatic carbocycles. The molecule has 0 bridgehead atoms. The second-order valence-electron chi connectivity index (χ2n) is 6.41. The lowest BCUT2D eigenvalue weighted by Gasteiger charge is -2.34. The summed E-state index contributed by atoms with van der Waals surface area (Å²) in [5.74, 6) is -0.196. The minimum atomic E-state index is -1.01. The molecule has 0 heterocycles. The number of carbonyl (C=O) groups is 1. The highest BCUT2D eigenvalue weighted by atomic mass is 16.5. The molecule has 2 rings (SSSR count). The predicted octanol–water partition coefficient (Wildman–Crippen LogP) is 3.45. The normalized spacial score (nSPS) is 20.8. The van der Waals surface area contributed by atoms with Gasteiger partial charge < -0.3 is 14.9 Å². The summed E-state index contributed by atoms with van der Waals surface area (Å²) < 4.78 is 5.19. The van der Waals surface area contributed by atoms with Crippen LogP contribution in [0.25, 0.3) is 6.08 Å². The summed E-state index contributed by atoms with van der Waals surface area (Å²) in [4.78, 5) is 11.8. The Hall–Kier alpha value is -2.07. The van der Waals surface area contributed by atoms with Crippen LogP contribution in [0.4, 0.5) is 0 Å². The Labute approximate surface area is 137 Å². The van der Waals surface area contributed by atoms with Crippen molar-refractivity contribution in [3.05, 3.63) is 47.6 Å². The van der Waals surface area contributed by atoms with E-state index in [-0.39, 0.29) is 18.3 Å². The van der Waals surface area contributed by atoms with E-state index in [2.05, 4.69) is 13.0 Å². The van der Waals surface area contributed by atoms with Crippen molar-refractivity contribution in [2.24, 2.45) is 5.92 Å². The third-order valence-electron chi connectivity index (χ3n) is 4.33. The van der Waals surface area contributed by atoms with Gasteiger partial charge in [0, 0.05) is 6.08 Å². The molecule has 23 heavy (non-hydrogen) atoms. The average molecular weight is 316 g/mol. The van der Waals surface area contributed by atoms with Crippen molar-refractivity contribution in [2.45, 2.75) is 38.7 Å². The number of rotatable bonds is 5. The lowest BCUT2D eigenvalue weighted by Crippen LogP contribution is -2.40. The van der Waals surface area contributed by atoms with Gasteiger partial charge in [0.25, 0.3) is 0 Å². The van der Waals surface area contributed by atoms with Crippen molar-refractivity contribution in [1.82, 2.24) is 0 Å². The number of allylic oxidation sites excluding steroid dienone is 2. The number of phenols is 1. The second-order valence-corrected chi connectivity index (χ2v) is 6.41. The number of esters is 1. The zero-order chi connectivity index (χ0) is 16.9. The van der Waals surface area contributed by atoms with E-state index >= 15 is 0 Å². The van der Waals surface area contributed by atoms with Gasteiger partial charge in [0.05, 0.1) is 5.60 Å². The zero-order valence-corrected chi connectivity index (χ0v) is 13.7. The molecular weight excluding hydrogens is 292 g/mol. The van der Waals surface area contributed by atoms with Gasteiger partial charge in [0.15, 0.2) is 0 Å². The highest BCUT2D eigenvalue weighted by Gasteiger charge is 2.33. The summed E-state index contributed by atoms with van der Waals surface area (Å²) in [6.07, 6.45) is 7.80. The number of phenolic OH excluding ortho intramolecular Hbond substituents is 1. The molecule has 2 N–H and O–H groups in total. The van der Waals surface area contributed by atoms with Gasteiger partial charge in [0.1, 0.15) is 12.4 Å². The van der Waals surface area contributed by atoms with E-state index in [1.807, 2.05) is 0 Å². The van der Waals surface area contributed by atoms with Gasteiger partial charge in [-0.05, 0) is 62.8 Å². The maximum Gasteiger partial charge on any atom is 0.330 e. The predicted molar refractivity (Wildman–Crippen MR) is 89.8 cm³/mol. The smallest absolute Gasteiger partial charge is 0.330 e. The highest BCUT2D eigenvalue weighted by Crippen LogP contribution is 2.32. The highest BCUT2D eigenvalue weighted by molar-refractivity contribution is 5.87. The number of aromatic hydroxyl groups is 1. The fourth-order valence-electron chi connectivity index (χ4n) is 2.66. The number of hydrogen-bond acceptors (Lipinski definition) is 4. The Kier molecular flexibility index (Phi) is 5.61. The van der Waals surface area contributed by atoms with Crippen molar-refractivity contribution in [3.63, 3.8) is 0 Å². The van der Waals surface area contributed by atoms with Crippen molar-refractivity contribution in [2.75, 3.05) is 6.61 Å². The lowest BCUT2D eigenvalue weighted by molar-refractivity contribution is -0.148. The zero-order valence-electron chi connectivity index (χ0n) is 13.7. The Bertz CT molecular complexity index is 596. The van der Waals surface area contributed by atoms with E-state index in [1.54, 1.807) is 37.3 Å². The van der Waals surface area contributed by atoms with E-state index in [4.69, 9.17) is 4.74 Å². The molecule has 0 fully saturated rings. The number of benzene rings is 1. The van der Waals surface area contributed by atoms with E-state index < -0.39 is 11.6 Å². The van der Waals surface area contributed by atoms with Crippen LogP contribution in [-0.4, -0.2) is 28.4 Å². The minimum absolute atomic E-state index is 0.0106.